The van der Waals surface area contributed by atoms with Gasteiger partial charge >= 0.3 is 5.97 Å². The van der Waals surface area contributed by atoms with Gasteiger partial charge in [0, 0.05) is 11.6 Å². The van der Waals surface area contributed by atoms with Crippen LogP contribution in [0.5, 0.6) is 0 Å². The number of carboxylic acid groups (broad SMARTS) is 1. The summed E-state index contributed by atoms with van der Waals surface area (Å²) in [7, 11) is 0. The lowest BCUT2D eigenvalue weighted by Gasteiger charge is -2.04. The Morgan fingerprint density at radius 1 is 1.25 bits per heavy atom. The molecule has 118 valence electrons. The summed E-state index contributed by atoms with van der Waals surface area (Å²) in [6.45, 7) is 1.74. The average molecular weight is 320 g/mol. The smallest absolute Gasteiger partial charge is 0.335 e. The SMILES string of the molecule is Cc1nn(-c2ccccn2)c2[nH]c3ccc(C(=O)O)cc3c(=O)c12. The first kappa shape index (κ1) is 14.1. The standard InChI is InChI=1S/C17H12N4O3/c1-9-14-15(22)11-8-10(17(23)24)5-6-12(11)19-16(14)21(20-9)13-4-2-3-7-18-13/h2-8H,1H3,(H,19,22)(H,23,24). The highest BCUT2D eigenvalue weighted by Crippen LogP contribution is 2.20. The van der Waals surface area contributed by atoms with Crippen LogP contribution in [-0.2, 0) is 0 Å². The highest BCUT2D eigenvalue weighted by molar-refractivity contribution is 5.97. The number of nitrogens with one attached hydrogen (secondary N) is 1. The summed E-state index contributed by atoms with van der Waals surface area (Å²) in [5.41, 5.74) is 1.46. The normalized spacial score (nSPS) is 11.2. The molecule has 2 N–H and O–H groups in total. The van der Waals surface area contributed by atoms with Gasteiger partial charge in [-0.05, 0) is 37.3 Å². The van der Waals surface area contributed by atoms with E-state index in [0.29, 0.717) is 33.4 Å². The van der Waals surface area contributed by atoms with E-state index in [-0.39, 0.29) is 11.0 Å². The average Bonchev–Trinajstić information content (AvgIpc) is 2.92. The lowest BCUT2D eigenvalue weighted by molar-refractivity contribution is 0.0697. The second-order valence-corrected chi connectivity index (χ2v) is 5.43. The first-order valence-electron chi connectivity index (χ1n) is 7.26. The van der Waals surface area contributed by atoms with E-state index in [0.717, 1.165) is 0 Å². The van der Waals surface area contributed by atoms with Gasteiger partial charge in [0.05, 0.1) is 22.2 Å². The van der Waals surface area contributed by atoms with Gasteiger partial charge in [-0.2, -0.15) is 9.78 Å². The predicted octanol–water partition coefficient (Wildman–Crippen LogP) is 2.27. The maximum atomic E-state index is 12.8. The first-order valence-corrected chi connectivity index (χ1v) is 7.26. The van der Waals surface area contributed by atoms with E-state index in [9.17, 15) is 9.59 Å². The van der Waals surface area contributed by atoms with E-state index in [2.05, 4.69) is 15.1 Å². The minimum atomic E-state index is -1.07. The fraction of sp³-hybridized carbons (Fsp3) is 0.0588. The van der Waals surface area contributed by atoms with Gasteiger partial charge in [0.25, 0.3) is 0 Å². The molecule has 0 fully saturated rings. The van der Waals surface area contributed by atoms with Crippen molar-refractivity contribution in [3.05, 3.63) is 64.1 Å². The Labute approximate surface area is 135 Å². The zero-order valence-electron chi connectivity index (χ0n) is 12.6. The summed E-state index contributed by atoms with van der Waals surface area (Å²) in [4.78, 5) is 31.4. The molecular formula is C17H12N4O3. The van der Waals surface area contributed by atoms with Crippen LogP contribution in [0.4, 0.5) is 0 Å². The molecule has 1 aromatic carbocycles. The van der Waals surface area contributed by atoms with Crippen molar-refractivity contribution in [2.75, 3.05) is 0 Å². The van der Waals surface area contributed by atoms with E-state index in [1.54, 1.807) is 36.0 Å². The third kappa shape index (κ3) is 1.98. The summed E-state index contributed by atoms with van der Waals surface area (Å²) in [6.07, 6.45) is 1.65. The molecule has 3 aromatic heterocycles. The van der Waals surface area contributed by atoms with Crippen LogP contribution in [0.2, 0.25) is 0 Å². The van der Waals surface area contributed by atoms with Crippen LogP contribution in [-0.4, -0.2) is 30.8 Å². The van der Waals surface area contributed by atoms with Crippen molar-refractivity contribution in [2.24, 2.45) is 0 Å². The molecular weight excluding hydrogens is 308 g/mol. The molecule has 4 rings (SSSR count). The number of fused-ring (bicyclic) bond motifs is 2. The molecule has 7 nitrogen and oxygen atoms in total. The zero-order chi connectivity index (χ0) is 16.8. The van der Waals surface area contributed by atoms with Crippen LogP contribution in [0.15, 0.2) is 47.4 Å². The Morgan fingerprint density at radius 3 is 2.79 bits per heavy atom. The number of aryl methyl sites for hydroxylation is 1. The van der Waals surface area contributed by atoms with E-state index >= 15 is 0 Å². The van der Waals surface area contributed by atoms with E-state index in [1.807, 2.05) is 6.07 Å². The number of carboxylic acids is 1. The van der Waals surface area contributed by atoms with Crippen molar-refractivity contribution < 1.29 is 9.90 Å². The van der Waals surface area contributed by atoms with Crippen molar-refractivity contribution in [1.82, 2.24) is 19.7 Å². The van der Waals surface area contributed by atoms with Gasteiger partial charge in [-0.15, -0.1) is 0 Å². The lowest BCUT2D eigenvalue weighted by atomic mass is 10.1. The second kappa shape index (κ2) is 5.02. The second-order valence-electron chi connectivity index (χ2n) is 5.43. The van der Waals surface area contributed by atoms with Crippen LogP contribution in [0.1, 0.15) is 16.1 Å². The molecule has 0 unspecified atom stereocenters. The fourth-order valence-electron chi connectivity index (χ4n) is 2.80. The van der Waals surface area contributed by atoms with Gasteiger partial charge in [0.15, 0.2) is 5.82 Å². The van der Waals surface area contributed by atoms with Gasteiger partial charge in [-0.25, -0.2) is 9.78 Å². The maximum absolute atomic E-state index is 12.8. The maximum Gasteiger partial charge on any atom is 0.335 e. The van der Waals surface area contributed by atoms with Crippen LogP contribution >= 0.6 is 0 Å². The largest absolute Gasteiger partial charge is 0.478 e. The van der Waals surface area contributed by atoms with Gasteiger partial charge < -0.3 is 10.1 Å². The first-order chi connectivity index (χ1) is 11.6. The number of benzene rings is 1. The molecule has 4 aromatic rings. The molecule has 0 radical (unpaired) electrons. The van der Waals surface area contributed by atoms with Crippen molar-refractivity contribution in [3.63, 3.8) is 0 Å². The summed E-state index contributed by atoms with van der Waals surface area (Å²) in [5.74, 6) is -0.481. The molecule has 7 heteroatoms. The lowest BCUT2D eigenvalue weighted by Crippen LogP contribution is -2.07. The van der Waals surface area contributed by atoms with Gasteiger partial charge in [0.1, 0.15) is 5.65 Å². The number of aromatic amines is 1. The quantitative estimate of drug-likeness (QED) is 0.590. The molecule has 0 spiro atoms. The molecule has 0 atom stereocenters. The Kier molecular flexibility index (Phi) is 2.96. The van der Waals surface area contributed by atoms with Crippen LogP contribution in [0.3, 0.4) is 0 Å². The number of nitrogens with zero attached hydrogens (tertiary/aromatic N) is 3. The minimum Gasteiger partial charge on any atom is -0.478 e. The highest BCUT2D eigenvalue weighted by atomic mass is 16.4. The Bertz CT molecular complexity index is 1160. The summed E-state index contributed by atoms with van der Waals surface area (Å²) in [6, 6.07) is 9.86. The Hall–Kier alpha value is -3.48. The van der Waals surface area contributed by atoms with Crippen molar-refractivity contribution in [3.8, 4) is 5.82 Å². The van der Waals surface area contributed by atoms with Crippen molar-refractivity contribution in [1.29, 1.82) is 0 Å². The molecule has 0 aliphatic heterocycles. The van der Waals surface area contributed by atoms with Gasteiger partial charge in [-0.1, -0.05) is 6.07 Å². The number of rotatable bonds is 2. The highest BCUT2D eigenvalue weighted by Gasteiger charge is 2.16. The topological polar surface area (TPSA) is 101 Å². The third-order valence-electron chi connectivity index (χ3n) is 3.92. The molecule has 0 bridgehead atoms. The van der Waals surface area contributed by atoms with Crippen LogP contribution < -0.4 is 5.43 Å². The van der Waals surface area contributed by atoms with Crippen LogP contribution in [0, 0.1) is 6.92 Å². The zero-order valence-corrected chi connectivity index (χ0v) is 12.6. The minimum absolute atomic E-state index is 0.0714. The number of aromatic carboxylic acids is 1. The summed E-state index contributed by atoms with van der Waals surface area (Å²) < 4.78 is 1.58. The molecule has 0 aliphatic rings. The fourth-order valence-corrected chi connectivity index (χ4v) is 2.80. The van der Waals surface area contributed by atoms with E-state index in [1.165, 1.54) is 12.1 Å². The summed E-state index contributed by atoms with van der Waals surface area (Å²) in [5, 5.41) is 14.3. The molecule has 0 saturated carbocycles. The molecule has 3 heterocycles. The predicted molar refractivity (Wildman–Crippen MR) is 88.7 cm³/mol. The third-order valence-corrected chi connectivity index (χ3v) is 3.92. The Balaban J connectivity index is 2.11. The number of hydrogen-bond donors (Lipinski definition) is 2. The van der Waals surface area contributed by atoms with Gasteiger partial charge in [-0.3, -0.25) is 4.79 Å². The molecule has 0 aliphatic carbocycles. The Morgan fingerprint density at radius 2 is 2.08 bits per heavy atom. The number of aromatic nitrogens is 4. The number of carbonyl (C=O) groups is 1. The number of pyridine rings is 2. The van der Waals surface area contributed by atoms with Crippen molar-refractivity contribution in [2.45, 2.75) is 6.92 Å². The molecule has 0 saturated heterocycles. The number of H-pyrrole nitrogens is 1. The summed E-state index contributed by atoms with van der Waals surface area (Å²) >= 11 is 0. The molecule has 0 amide bonds. The van der Waals surface area contributed by atoms with E-state index < -0.39 is 5.97 Å². The van der Waals surface area contributed by atoms with Gasteiger partial charge in [0.2, 0.25) is 5.43 Å². The molecule has 24 heavy (non-hydrogen) atoms. The van der Waals surface area contributed by atoms with Crippen molar-refractivity contribution >= 4 is 27.9 Å². The van der Waals surface area contributed by atoms with Crippen LogP contribution in [0.25, 0.3) is 27.8 Å². The monoisotopic (exact) mass is 320 g/mol. The number of hydrogen-bond acceptors (Lipinski definition) is 4. The van der Waals surface area contributed by atoms with E-state index in [4.69, 9.17) is 5.11 Å².